The van der Waals surface area contributed by atoms with Crippen LogP contribution < -0.4 is 5.32 Å². The molecule has 1 aromatic heterocycles. The van der Waals surface area contributed by atoms with Gasteiger partial charge >= 0.3 is 0 Å². The van der Waals surface area contributed by atoms with Gasteiger partial charge in [0.1, 0.15) is 0 Å². The predicted molar refractivity (Wildman–Crippen MR) is 67.4 cm³/mol. The summed E-state index contributed by atoms with van der Waals surface area (Å²) in [5, 5.41) is 3.01. The molecule has 5 heteroatoms. The summed E-state index contributed by atoms with van der Waals surface area (Å²) in [6.07, 6.45) is 0. The zero-order chi connectivity index (χ0) is 14.0. The van der Waals surface area contributed by atoms with E-state index < -0.39 is 17.5 Å². The molecule has 0 spiro atoms. The molecule has 0 saturated carbocycles. The summed E-state index contributed by atoms with van der Waals surface area (Å²) in [5.41, 5.74) is 2.79. The minimum atomic E-state index is -1.45. The van der Waals surface area contributed by atoms with Gasteiger partial charge in [-0.2, -0.15) is 0 Å². The number of aromatic nitrogens is 1. The molecule has 0 atom stereocenters. The standard InChI is InChI=1S/C14H13F3N2/c1-8-3-4-13(9(2)19-8)18-7-10-5-11(15)14(17)12(16)6-10/h3-6,18H,7H2,1-2H3. The van der Waals surface area contributed by atoms with Crippen LogP contribution in [0.25, 0.3) is 0 Å². The van der Waals surface area contributed by atoms with E-state index in [-0.39, 0.29) is 6.54 Å². The summed E-state index contributed by atoms with van der Waals surface area (Å²) in [6.45, 7) is 3.91. The predicted octanol–water partition coefficient (Wildman–Crippen LogP) is 3.73. The molecule has 0 saturated heterocycles. The quantitative estimate of drug-likeness (QED) is 0.856. The molecular formula is C14H13F3N2. The van der Waals surface area contributed by atoms with Gasteiger partial charge in [0.2, 0.25) is 0 Å². The first-order valence-electron chi connectivity index (χ1n) is 5.79. The average molecular weight is 266 g/mol. The number of halogens is 3. The molecular weight excluding hydrogens is 253 g/mol. The second-order valence-corrected chi connectivity index (χ2v) is 4.31. The van der Waals surface area contributed by atoms with E-state index in [0.717, 1.165) is 29.2 Å². The van der Waals surface area contributed by atoms with Crippen molar-refractivity contribution >= 4 is 5.69 Å². The molecule has 19 heavy (non-hydrogen) atoms. The number of hydrogen-bond acceptors (Lipinski definition) is 2. The highest BCUT2D eigenvalue weighted by Crippen LogP contribution is 2.17. The van der Waals surface area contributed by atoms with E-state index in [0.29, 0.717) is 5.56 Å². The second kappa shape index (κ2) is 5.30. The first-order valence-corrected chi connectivity index (χ1v) is 5.79. The molecule has 0 unspecified atom stereocenters. The molecule has 0 aliphatic heterocycles. The smallest absolute Gasteiger partial charge is 0.194 e. The maximum atomic E-state index is 13.0. The van der Waals surface area contributed by atoms with Crippen LogP contribution in [0.4, 0.5) is 18.9 Å². The van der Waals surface area contributed by atoms with Crippen LogP contribution in [0.5, 0.6) is 0 Å². The number of rotatable bonds is 3. The molecule has 1 heterocycles. The van der Waals surface area contributed by atoms with Crippen molar-refractivity contribution in [1.82, 2.24) is 4.98 Å². The van der Waals surface area contributed by atoms with Crippen LogP contribution in [0.3, 0.4) is 0 Å². The van der Waals surface area contributed by atoms with Crippen molar-refractivity contribution in [3.63, 3.8) is 0 Å². The molecule has 1 N–H and O–H groups in total. The highest BCUT2D eigenvalue weighted by molar-refractivity contribution is 5.48. The summed E-state index contributed by atoms with van der Waals surface area (Å²) < 4.78 is 38.9. The van der Waals surface area contributed by atoms with E-state index in [2.05, 4.69) is 10.3 Å². The van der Waals surface area contributed by atoms with Gasteiger partial charge in [0.15, 0.2) is 17.5 Å². The number of pyridine rings is 1. The Bertz CT molecular complexity index is 589. The summed E-state index contributed by atoms with van der Waals surface area (Å²) in [7, 11) is 0. The molecule has 0 aliphatic rings. The Balaban J connectivity index is 2.14. The molecule has 0 fully saturated rings. The van der Waals surface area contributed by atoms with Crippen molar-refractivity contribution in [1.29, 1.82) is 0 Å². The van der Waals surface area contributed by atoms with Crippen LogP contribution in [-0.2, 0) is 6.54 Å². The minimum Gasteiger partial charge on any atom is -0.379 e. The normalized spacial score (nSPS) is 10.6. The van der Waals surface area contributed by atoms with E-state index in [1.54, 1.807) is 0 Å². The summed E-state index contributed by atoms with van der Waals surface area (Å²) in [6, 6.07) is 5.62. The van der Waals surface area contributed by atoms with Gasteiger partial charge in [0.25, 0.3) is 0 Å². The Morgan fingerprint density at radius 1 is 1.05 bits per heavy atom. The maximum Gasteiger partial charge on any atom is 0.194 e. The fourth-order valence-corrected chi connectivity index (χ4v) is 1.78. The van der Waals surface area contributed by atoms with Crippen molar-refractivity contribution in [3.05, 3.63) is 58.7 Å². The third-order valence-corrected chi connectivity index (χ3v) is 2.75. The second-order valence-electron chi connectivity index (χ2n) is 4.31. The molecule has 0 aliphatic carbocycles. The van der Waals surface area contributed by atoms with E-state index in [1.807, 2.05) is 26.0 Å². The summed E-state index contributed by atoms with van der Waals surface area (Å²) >= 11 is 0. The zero-order valence-electron chi connectivity index (χ0n) is 10.6. The molecule has 0 radical (unpaired) electrons. The van der Waals surface area contributed by atoms with Crippen molar-refractivity contribution in [2.45, 2.75) is 20.4 Å². The van der Waals surface area contributed by atoms with Crippen LogP contribution in [0.15, 0.2) is 24.3 Å². The monoisotopic (exact) mass is 266 g/mol. The Kier molecular flexibility index (Phi) is 3.74. The van der Waals surface area contributed by atoms with Crippen molar-refractivity contribution < 1.29 is 13.2 Å². The lowest BCUT2D eigenvalue weighted by Gasteiger charge is -2.10. The van der Waals surface area contributed by atoms with Gasteiger partial charge in [-0.25, -0.2) is 13.2 Å². The SMILES string of the molecule is Cc1ccc(NCc2cc(F)c(F)c(F)c2)c(C)n1. The highest BCUT2D eigenvalue weighted by atomic mass is 19.2. The van der Waals surface area contributed by atoms with Crippen LogP contribution in [-0.4, -0.2) is 4.98 Å². The molecule has 0 bridgehead atoms. The Hall–Kier alpha value is -2.04. The molecule has 1 aromatic carbocycles. The first kappa shape index (κ1) is 13.4. The minimum absolute atomic E-state index is 0.194. The third-order valence-electron chi connectivity index (χ3n) is 2.75. The van der Waals surface area contributed by atoms with Crippen molar-refractivity contribution in [3.8, 4) is 0 Å². The van der Waals surface area contributed by atoms with Crippen LogP contribution >= 0.6 is 0 Å². The first-order chi connectivity index (χ1) is 8.97. The topological polar surface area (TPSA) is 24.9 Å². The number of aryl methyl sites for hydroxylation is 2. The number of hydrogen-bond donors (Lipinski definition) is 1. The third kappa shape index (κ3) is 3.05. The van der Waals surface area contributed by atoms with Crippen LogP contribution in [0, 0.1) is 31.3 Å². The summed E-state index contributed by atoms with van der Waals surface area (Å²) in [5.74, 6) is -3.82. The van der Waals surface area contributed by atoms with Crippen molar-refractivity contribution in [2.24, 2.45) is 0 Å². The van der Waals surface area contributed by atoms with E-state index in [9.17, 15) is 13.2 Å². The van der Waals surface area contributed by atoms with Crippen LogP contribution in [0.2, 0.25) is 0 Å². The van der Waals surface area contributed by atoms with E-state index in [1.165, 1.54) is 0 Å². The highest BCUT2D eigenvalue weighted by Gasteiger charge is 2.10. The molecule has 2 aromatic rings. The van der Waals surface area contributed by atoms with Gasteiger partial charge < -0.3 is 5.32 Å². The maximum absolute atomic E-state index is 13.0. The van der Waals surface area contributed by atoms with E-state index >= 15 is 0 Å². The van der Waals surface area contributed by atoms with Crippen molar-refractivity contribution in [2.75, 3.05) is 5.32 Å². The molecule has 100 valence electrons. The van der Waals surface area contributed by atoms with Gasteiger partial charge in [-0.05, 0) is 43.7 Å². The lowest BCUT2D eigenvalue weighted by molar-refractivity contribution is 0.445. The van der Waals surface area contributed by atoms with Gasteiger partial charge in [-0.1, -0.05) is 0 Å². The van der Waals surface area contributed by atoms with Gasteiger partial charge in [-0.15, -0.1) is 0 Å². The van der Waals surface area contributed by atoms with Gasteiger partial charge in [0, 0.05) is 12.2 Å². The lowest BCUT2D eigenvalue weighted by atomic mass is 10.2. The fourth-order valence-electron chi connectivity index (χ4n) is 1.78. The Labute approximate surface area is 109 Å². The fraction of sp³-hybridized carbons (Fsp3) is 0.214. The van der Waals surface area contributed by atoms with Gasteiger partial charge in [-0.3, -0.25) is 4.98 Å². The average Bonchev–Trinajstić information content (AvgIpc) is 2.34. The molecule has 2 rings (SSSR count). The number of anilines is 1. The van der Waals surface area contributed by atoms with Crippen LogP contribution in [0.1, 0.15) is 17.0 Å². The summed E-state index contributed by atoms with van der Waals surface area (Å²) in [4.78, 5) is 4.26. The Morgan fingerprint density at radius 3 is 2.26 bits per heavy atom. The molecule has 2 nitrogen and oxygen atoms in total. The largest absolute Gasteiger partial charge is 0.379 e. The lowest BCUT2D eigenvalue weighted by Crippen LogP contribution is -2.04. The number of nitrogens with one attached hydrogen (secondary N) is 1. The number of nitrogens with zero attached hydrogens (tertiary/aromatic N) is 1. The molecule has 0 amide bonds. The number of benzene rings is 1. The van der Waals surface area contributed by atoms with Gasteiger partial charge in [0.05, 0.1) is 11.4 Å². The van der Waals surface area contributed by atoms with E-state index in [4.69, 9.17) is 0 Å². The zero-order valence-corrected chi connectivity index (χ0v) is 10.6. The Morgan fingerprint density at radius 2 is 1.68 bits per heavy atom.